The van der Waals surface area contributed by atoms with Crippen molar-refractivity contribution >= 4 is 64.6 Å². The number of rotatable bonds is 7. The van der Waals surface area contributed by atoms with E-state index in [1.54, 1.807) is 36.4 Å². The van der Waals surface area contributed by atoms with Gasteiger partial charge in [-0.1, -0.05) is 96.5 Å². The molecule has 6 aromatic carbocycles. The fourth-order valence-corrected chi connectivity index (χ4v) is 6.93. The first kappa shape index (κ1) is 29.9. The number of methoxy groups -OCH3 is 1. The third-order valence-electron chi connectivity index (χ3n) is 6.53. The largest absolute Gasteiger partial charge is 0.497 e. The number of fused-ring (bicyclic) bond motifs is 2. The Morgan fingerprint density at radius 3 is 1.49 bits per heavy atom. The van der Waals surface area contributed by atoms with E-state index >= 15 is 0 Å². The zero-order valence-corrected chi connectivity index (χ0v) is 25.3. The first-order chi connectivity index (χ1) is 20.7. The van der Waals surface area contributed by atoms with E-state index in [0.29, 0.717) is 22.1 Å². The predicted octanol–water partition coefficient (Wildman–Crippen LogP) is 7.94. The topological polar surface area (TPSA) is 102 Å². The van der Waals surface area contributed by atoms with Crippen molar-refractivity contribution in [3.8, 4) is 5.75 Å². The lowest BCUT2D eigenvalue weighted by atomic mass is 10.1. The van der Waals surface area contributed by atoms with Crippen LogP contribution in [0.3, 0.4) is 0 Å². The van der Waals surface area contributed by atoms with Crippen molar-refractivity contribution in [1.29, 1.82) is 0 Å². The minimum atomic E-state index is -3.67. The molecule has 0 aliphatic carbocycles. The van der Waals surface area contributed by atoms with Gasteiger partial charge in [0.2, 0.25) is 0 Å². The lowest BCUT2D eigenvalue weighted by molar-refractivity contribution is 0.413. The Hall–Kier alpha value is -4.57. The summed E-state index contributed by atoms with van der Waals surface area (Å²) in [4.78, 5) is 0.308. The van der Waals surface area contributed by atoms with Gasteiger partial charge in [-0.3, -0.25) is 9.44 Å². The molecule has 0 fully saturated rings. The maximum atomic E-state index is 12.5. The van der Waals surface area contributed by atoms with E-state index in [9.17, 15) is 16.8 Å². The van der Waals surface area contributed by atoms with Crippen molar-refractivity contribution in [2.45, 2.75) is 9.79 Å². The molecule has 0 bridgehead atoms. The maximum Gasteiger partial charge on any atom is 0.262 e. The molecule has 43 heavy (non-hydrogen) atoms. The van der Waals surface area contributed by atoms with Gasteiger partial charge in [0.25, 0.3) is 20.0 Å². The van der Waals surface area contributed by atoms with Crippen LogP contribution in [-0.4, -0.2) is 23.9 Å². The van der Waals surface area contributed by atoms with Crippen LogP contribution >= 0.6 is 11.6 Å². The van der Waals surface area contributed by atoms with Crippen LogP contribution in [0.15, 0.2) is 143 Å². The van der Waals surface area contributed by atoms with Crippen molar-refractivity contribution in [2.75, 3.05) is 16.6 Å². The zero-order valence-electron chi connectivity index (χ0n) is 22.9. The molecular formula is C33H27ClN2O5S2. The zero-order chi connectivity index (χ0) is 30.5. The van der Waals surface area contributed by atoms with E-state index in [4.69, 9.17) is 16.3 Å². The third kappa shape index (κ3) is 7.09. The molecule has 0 amide bonds. The van der Waals surface area contributed by atoms with E-state index in [1.165, 1.54) is 31.4 Å². The minimum absolute atomic E-state index is 0.142. The number of halogens is 1. The Balaban J connectivity index is 0.000000171. The second-order valence-electron chi connectivity index (χ2n) is 9.40. The number of nitrogens with one attached hydrogen (secondary N) is 2. The first-order valence-electron chi connectivity index (χ1n) is 13.1. The molecule has 2 N–H and O–H groups in total. The molecule has 0 atom stereocenters. The molecule has 0 heterocycles. The van der Waals surface area contributed by atoms with Gasteiger partial charge in [-0.15, -0.1) is 0 Å². The molecule has 218 valence electrons. The Morgan fingerprint density at radius 1 is 0.535 bits per heavy atom. The van der Waals surface area contributed by atoms with Crippen LogP contribution in [0.1, 0.15) is 0 Å². The van der Waals surface area contributed by atoms with Crippen LogP contribution < -0.4 is 14.2 Å². The standard InChI is InChI=1S/C17H15NO3S.C16H12ClNO2S/c1-21-14-8-5-9-15(12-14)22(19,20)18-17-11-4-7-13-6-2-3-10-16(13)17;17-13-7-4-8-14(11-13)21(19,20)18-16-10-3-6-12-5-1-2-9-15(12)16/h2-12,18H,1H3;1-11,18H. The Morgan fingerprint density at radius 2 is 0.977 bits per heavy atom. The van der Waals surface area contributed by atoms with E-state index in [1.807, 2.05) is 72.8 Å². The van der Waals surface area contributed by atoms with Crippen LogP contribution in [0.4, 0.5) is 11.4 Å². The number of anilines is 2. The summed E-state index contributed by atoms with van der Waals surface area (Å²) < 4.78 is 60.3. The highest BCUT2D eigenvalue weighted by atomic mass is 35.5. The fourth-order valence-electron chi connectivity index (χ4n) is 4.44. The summed E-state index contributed by atoms with van der Waals surface area (Å²) in [7, 11) is -5.83. The molecule has 0 aromatic heterocycles. The van der Waals surface area contributed by atoms with Crippen molar-refractivity contribution in [2.24, 2.45) is 0 Å². The lowest BCUT2D eigenvalue weighted by Gasteiger charge is -2.11. The maximum absolute atomic E-state index is 12.5. The van der Waals surface area contributed by atoms with Crippen molar-refractivity contribution in [3.63, 3.8) is 0 Å². The van der Waals surface area contributed by atoms with Gasteiger partial charge in [-0.05, 0) is 53.2 Å². The average molecular weight is 631 g/mol. The van der Waals surface area contributed by atoms with Gasteiger partial charge >= 0.3 is 0 Å². The van der Waals surface area contributed by atoms with Gasteiger partial charge in [-0.2, -0.15) is 0 Å². The number of hydrogen-bond acceptors (Lipinski definition) is 5. The first-order valence-corrected chi connectivity index (χ1v) is 16.4. The molecule has 0 spiro atoms. The van der Waals surface area contributed by atoms with Gasteiger partial charge in [-0.25, -0.2) is 16.8 Å². The van der Waals surface area contributed by atoms with Crippen LogP contribution in [-0.2, 0) is 20.0 Å². The van der Waals surface area contributed by atoms with Crippen molar-refractivity contribution in [1.82, 2.24) is 0 Å². The van der Waals surface area contributed by atoms with Crippen LogP contribution in [0, 0.1) is 0 Å². The molecule has 0 radical (unpaired) electrons. The quantitative estimate of drug-likeness (QED) is 0.186. The molecule has 0 saturated heterocycles. The Kier molecular flexibility index (Phi) is 8.86. The normalized spacial score (nSPS) is 11.4. The van der Waals surface area contributed by atoms with Gasteiger partial charge in [0.15, 0.2) is 0 Å². The summed E-state index contributed by atoms with van der Waals surface area (Å²) in [5.74, 6) is 0.501. The summed E-state index contributed by atoms with van der Waals surface area (Å²) in [6.45, 7) is 0. The Labute approximate surface area is 255 Å². The molecule has 0 saturated carbocycles. The summed E-state index contributed by atoms with van der Waals surface area (Å²) >= 11 is 5.86. The number of benzene rings is 6. The molecule has 6 rings (SSSR count). The molecule has 0 aliphatic rings. The third-order valence-corrected chi connectivity index (χ3v) is 9.49. The van der Waals surface area contributed by atoms with Crippen LogP contribution in [0.2, 0.25) is 5.02 Å². The number of ether oxygens (including phenoxy) is 1. The summed E-state index contributed by atoms with van der Waals surface area (Å²) in [5.41, 5.74) is 1.11. The van der Waals surface area contributed by atoms with E-state index in [0.717, 1.165) is 21.5 Å². The monoisotopic (exact) mass is 630 g/mol. The number of sulfonamides is 2. The Bertz CT molecular complexity index is 2120. The minimum Gasteiger partial charge on any atom is -0.497 e. The van der Waals surface area contributed by atoms with Crippen LogP contribution in [0.25, 0.3) is 21.5 Å². The van der Waals surface area contributed by atoms with Gasteiger partial charge in [0.05, 0.1) is 28.3 Å². The van der Waals surface area contributed by atoms with Gasteiger partial charge < -0.3 is 4.74 Å². The average Bonchev–Trinajstić information content (AvgIpc) is 3.01. The summed E-state index contributed by atoms with van der Waals surface area (Å²) in [6.07, 6.45) is 0. The molecule has 10 heteroatoms. The summed E-state index contributed by atoms with van der Waals surface area (Å²) in [5, 5.41) is 4.05. The second-order valence-corrected chi connectivity index (χ2v) is 13.2. The number of hydrogen-bond donors (Lipinski definition) is 2. The molecular weight excluding hydrogens is 604 g/mol. The smallest absolute Gasteiger partial charge is 0.262 e. The van der Waals surface area contributed by atoms with Crippen molar-refractivity contribution < 1.29 is 21.6 Å². The van der Waals surface area contributed by atoms with Gasteiger partial charge in [0.1, 0.15) is 5.75 Å². The van der Waals surface area contributed by atoms with E-state index in [2.05, 4.69) is 9.44 Å². The van der Waals surface area contributed by atoms with Gasteiger partial charge in [0, 0.05) is 21.9 Å². The lowest BCUT2D eigenvalue weighted by Crippen LogP contribution is -2.13. The highest BCUT2D eigenvalue weighted by Gasteiger charge is 2.17. The van der Waals surface area contributed by atoms with Crippen LogP contribution in [0.5, 0.6) is 5.75 Å². The highest BCUT2D eigenvalue weighted by Crippen LogP contribution is 2.28. The fraction of sp³-hybridized carbons (Fsp3) is 0.0303. The molecule has 7 nitrogen and oxygen atoms in total. The molecule has 6 aromatic rings. The summed E-state index contributed by atoms with van der Waals surface area (Å²) in [6, 6.07) is 38.8. The second kappa shape index (κ2) is 12.7. The molecule has 0 unspecified atom stereocenters. The molecule has 0 aliphatic heterocycles. The highest BCUT2D eigenvalue weighted by molar-refractivity contribution is 7.93. The van der Waals surface area contributed by atoms with Crippen molar-refractivity contribution in [3.05, 3.63) is 138 Å². The van der Waals surface area contributed by atoms with E-state index in [-0.39, 0.29) is 9.79 Å². The SMILES string of the molecule is COc1cccc(S(=O)(=O)Nc2cccc3ccccc23)c1.O=S(=O)(Nc1cccc2ccccc12)c1cccc(Cl)c1. The van der Waals surface area contributed by atoms with E-state index < -0.39 is 20.0 Å². The predicted molar refractivity (Wildman–Crippen MR) is 174 cm³/mol.